The maximum Gasteiger partial charge on any atom is 0.111 e. The van der Waals surface area contributed by atoms with Crippen molar-refractivity contribution >= 4 is 0 Å². The number of hydrogen-bond donors (Lipinski definition) is 1. The Morgan fingerprint density at radius 1 is 1.36 bits per heavy atom. The van der Waals surface area contributed by atoms with Crippen molar-refractivity contribution in [3.63, 3.8) is 0 Å². The number of nitrogens with one attached hydrogen (secondary N) is 1. The van der Waals surface area contributed by atoms with E-state index >= 15 is 0 Å². The summed E-state index contributed by atoms with van der Waals surface area (Å²) < 4.78 is 5.74. The van der Waals surface area contributed by atoms with Crippen molar-refractivity contribution < 1.29 is 4.74 Å². The summed E-state index contributed by atoms with van der Waals surface area (Å²) in [6.07, 6.45) is 2.92. The molecule has 0 bridgehead atoms. The predicted molar refractivity (Wildman–Crippen MR) is 57.2 cm³/mol. The third kappa shape index (κ3) is 2.27. The van der Waals surface area contributed by atoms with E-state index in [0.717, 1.165) is 12.5 Å². The highest BCUT2D eigenvalue weighted by Gasteiger charge is 2.31. The molecule has 14 heavy (non-hydrogen) atoms. The van der Waals surface area contributed by atoms with Gasteiger partial charge in [0.05, 0.1) is 6.61 Å². The molecule has 0 saturated carbocycles. The van der Waals surface area contributed by atoms with Crippen LogP contribution in [-0.2, 0) is 4.74 Å². The van der Waals surface area contributed by atoms with Crippen LogP contribution in [-0.4, -0.2) is 43.4 Å². The largest absolute Gasteiger partial charge is 0.361 e. The Kier molecular flexibility index (Phi) is 3.42. The molecule has 2 heterocycles. The van der Waals surface area contributed by atoms with Crippen LogP contribution in [0.4, 0.5) is 0 Å². The first-order valence-corrected chi connectivity index (χ1v) is 5.89. The van der Waals surface area contributed by atoms with Crippen LogP contribution in [0.2, 0.25) is 0 Å². The molecule has 2 fully saturated rings. The molecule has 1 N–H and O–H groups in total. The average Bonchev–Trinajstić information content (AvgIpc) is 2.65. The topological polar surface area (TPSA) is 24.5 Å². The zero-order chi connectivity index (χ0) is 9.97. The molecule has 0 amide bonds. The lowest BCUT2D eigenvalue weighted by molar-refractivity contribution is 0.0227. The predicted octanol–water partition coefficient (Wildman–Crippen LogP) is 1.05. The van der Waals surface area contributed by atoms with Gasteiger partial charge < -0.3 is 9.64 Å². The smallest absolute Gasteiger partial charge is 0.111 e. The molecule has 2 saturated heterocycles. The first kappa shape index (κ1) is 10.4. The SMILES string of the molecule is CCN1CCC(C2NC(C)CO2)CC1. The van der Waals surface area contributed by atoms with Crippen molar-refractivity contribution in [3.8, 4) is 0 Å². The van der Waals surface area contributed by atoms with Crippen molar-refractivity contribution in [2.45, 2.75) is 39.0 Å². The minimum Gasteiger partial charge on any atom is -0.361 e. The molecule has 82 valence electrons. The summed E-state index contributed by atoms with van der Waals surface area (Å²) >= 11 is 0. The minimum atomic E-state index is 0.337. The van der Waals surface area contributed by atoms with Crippen LogP contribution in [0.25, 0.3) is 0 Å². The summed E-state index contributed by atoms with van der Waals surface area (Å²) in [4.78, 5) is 2.52. The molecule has 3 nitrogen and oxygen atoms in total. The van der Waals surface area contributed by atoms with Crippen molar-refractivity contribution in [1.29, 1.82) is 0 Å². The zero-order valence-corrected chi connectivity index (χ0v) is 9.33. The van der Waals surface area contributed by atoms with E-state index in [2.05, 4.69) is 24.1 Å². The molecule has 0 aromatic carbocycles. The van der Waals surface area contributed by atoms with Gasteiger partial charge in [0.2, 0.25) is 0 Å². The van der Waals surface area contributed by atoms with Crippen molar-refractivity contribution in [1.82, 2.24) is 10.2 Å². The molecule has 2 rings (SSSR count). The highest BCUT2D eigenvalue weighted by molar-refractivity contribution is 4.82. The first-order valence-electron chi connectivity index (χ1n) is 5.89. The standard InChI is InChI=1S/C11H22N2O/c1-3-13-6-4-10(5-7-13)11-12-9(2)8-14-11/h9-12H,3-8H2,1-2H3. The monoisotopic (exact) mass is 198 g/mol. The molecule has 2 aliphatic heterocycles. The van der Waals surface area contributed by atoms with Crippen LogP contribution in [0.15, 0.2) is 0 Å². The van der Waals surface area contributed by atoms with E-state index < -0.39 is 0 Å². The highest BCUT2D eigenvalue weighted by atomic mass is 16.5. The van der Waals surface area contributed by atoms with Crippen LogP contribution < -0.4 is 5.32 Å². The average molecular weight is 198 g/mol. The second-order valence-electron chi connectivity index (χ2n) is 4.59. The fourth-order valence-corrected chi connectivity index (χ4v) is 2.47. The molecular formula is C11H22N2O. The molecule has 2 unspecified atom stereocenters. The molecular weight excluding hydrogens is 176 g/mol. The summed E-state index contributed by atoms with van der Waals surface area (Å²) in [5, 5.41) is 3.52. The number of ether oxygens (including phenoxy) is 1. The summed E-state index contributed by atoms with van der Waals surface area (Å²) in [6.45, 7) is 9.02. The summed E-state index contributed by atoms with van der Waals surface area (Å²) in [5.74, 6) is 0.739. The number of rotatable bonds is 2. The van der Waals surface area contributed by atoms with Gasteiger partial charge in [-0.25, -0.2) is 0 Å². The molecule has 2 aliphatic rings. The Hall–Kier alpha value is -0.120. The fourth-order valence-electron chi connectivity index (χ4n) is 2.47. The second-order valence-corrected chi connectivity index (χ2v) is 4.59. The third-order valence-corrected chi connectivity index (χ3v) is 3.48. The highest BCUT2D eigenvalue weighted by Crippen LogP contribution is 2.23. The van der Waals surface area contributed by atoms with E-state index in [1.54, 1.807) is 0 Å². The maximum atomic E-state index is 5.74. The minimum absolute atomic E-state index is 0.337. The van der Waals surface area contributed by atoms with Gasteiger partial charge in [-0.2, -0.15) is 0 Å². The van der Waals surface area contributed by atoms with Gasteiger partial charge in [-0.1, -0.05) is 6.92 Å². The van der Waals surface area contributed by atoms with E-state index in [-0.39, 0.29) is 0 Å². The summed E-state index contributed by atoms with van der Waals surface area (Å²) in [6, 6.07) is 0.546. The molecule has 0 radical (unpaired) electrons. The van der Waals surface area contributed by atoms with Gasteiger partial charge in [0.1, 0.15) is 6.23 Å². The number of likely N-dealkylation sites (tertiary alicyclic amines) is 1. The molecule has 0 aromatic heterocycles. The molecule has 0 spiro atoms. The number of hydrogen-bond acceptors (Lipinski definition) is 3. The normalized spacial score (nSPS) is 36.4. The van der Waals surface area contributed by atoms with E-state index in [0.29, 0.717) is 12.3 Å². The van der Waals surface area contributed by atoms with E-state index in [4.69, 9.17) is 4.74 Å². The van der Waals surface area contributed by atoms with Gasteiger partial charge >= 0.3 is 0 Å². The fraction of sp³-hybridized carbons (Fsp3) is 1.00. The third-order valence-electron chi connectivity index (χ3n) is 3.48. The van der Waals surface area contributed by atoms with Crippen LogP contribution in [0.1, 0.15) is 26.7 Å². The van der Waals surface area contributed by atoms with Crippen LogP contribution in [0.3, 0.4) is 0 Å². The Morgan fingerprint density at radius 3 is 2.57 bits per heavy atom. The Balaban J connectivity index is 1.78. The van der Waals surface area contributed by atoms with E-state index in [1.807, 2.05) is 0 Å². The van der Waals surface area contributed by atoms with Gasteiger partial charge in [0.15, 0.2) is 0 Å². The lowest BCUT2D eigenvalue weighted by atomic mass is 9.95. The number of nitrogens with zero attached hydrogens (tertiary/aromatic N) is 1. The summed E-state index contributed by atoms with van der Waals surface area (Å²) in [5.41, 5.74) is 0. The maximum absolute atomic E-state index is 5.74. The molecule has 0 aliphatic carbocycles. The lowest BCUT2D eigenvalue weighted by Crippen LogP contribution is -2.42. The van der Waals surface area contributed by atoms with Crippen molar-refractivity contribution in [2.75, 3.05) is 26.2 Å². The van der Waals surface area contributed by atoms with Crippen LogP contribution in [0, 0.1) is 5.92 Å². The second kappa shape index (κ2) is 4.60. The Bertz CT molecular complexity index is 178. The zero-order valence-electron chi connectivity index (χ0n) is 9.33. The van der Waals surface area contributed by atoms with Crippen molar-refractivity contribution in [2.24, 2.45) is 5.92 Å². The van der Waals surface area contributed by atoms with E-state index in [1.165, 1.54) is 32.5 Å². The van der Waals surface area contributed by atoms with Gasteiger partial charge in [-0.3, -0.25) is 5.32 Å². The first-order chi connectivity index (χ1) is 6.79. The van der Waals surface area contributed by atoms with Gasteiger partial charge in [-0.05, 0) is 39.4 Å². The molecule has 2 atom stereocenters. The van der Waals surface area contributed by atoms with Gasteiger partial charge in [-0.15, -0.1) is 0 Å². The lowest BCUT2D eigenvalue weighted by Gasteiger charge is -2.33. The van der Waals surface area contributed by atoms with E-state index in [9.17, 15) is 0 Å². The van der Waals surface area contributed by atoms with Crippen LogP contribution >= 0.6 is 0 Å². The van der Waals surface area contributed by atoms with Crippen molar-refractivity contribution in [3.05, 3.63) is 0 Å². The van der Waals surface area contributed by atoms with Gasteiger partial charge in [0.25, 0.3) is 0 Å². The Labute approximate surface area is 86.8 Å². The van der Waals surface area contributed by atoms with Gasteiger partial charge in [0, 0.05) is 12.0 Å². The number of piperidine rings is 1. The Morgan fingerprint density at radius 2 is 2.07 bits per heavy atom. The van der Waals surface area contributed by atoms with Crippen LogP contribution in [0.5, 0.6) is 0 Å². The summed E-state index contributed by atoms with van der Waals surface area (Å²) in [7, 11) is 0. The molecule has 3 heteroatoms. The molecule has 0 aromatic rings. The quantitative estimate of drug-likeness (QED) is 0.718.